The second-order valence-corrected chi connectivity index (χ2v) is 21.0. The first kappa shape index (κ1) is 27.9. The molecule has 0 spiro atoms. The molecule has 1 unspecified atom stereocenters. The van der Waals surface area contributed by atoms with Gasteiger partial charge in [-0.05, 0) is 0 Å². The van der Waals surface area contributed by atoms with Crippen LogP contribution in [0.4, 0.5) is 0 Å². The van der Waals surface area contributed by atoms with Crippen LogP contribution in [0.25, 0.3) is 28.3 Å². The second-order valence-electron chi connectivity index (χ2n) is 12.2. The van der Waals surface area contributed by atoms with Crippen molar-refractivity contribution in [1.29, 1.82) is 0 Å². The van der Waals surface area contributed by atoms with Crippen LogP contribution in [-0.4, -0.2) is 0 Å². The van der Waals surface area contributed by atoms with Gasteiger partial charge in [0.15, 0.2) is 0 Å². The Kier molecular flexibility index (Phi) is 8.46. The zero-order valence-electron chi connectivity index (χ0n) is 22.8. The van der Waals surface area contributed by atoms with E-state index in [1.807, 2.05) is 0 Å². The van der Waals surface area contributed by atoms with E-state index < -0.39 is 19.4 Å². The van der Waals surface area contributed by atoms with Gasteiger partial charge in [-0.3, -0.25) is 0 Å². The third kappa shape index (κ3) is 5.80. The number of unbranched alkanes of at least 4 members (excludes halogenated alkanes) is 1. The zero-order chi connectivity index (χ0) is 26.3. The van der Waals surface area contributed by atoms with Crippen LogP contribution in [0.1, 0.15) is 93.6 Å². The third-order valence-electron chi connectivity index (χ3n) is 7.37. The van der Waals surface area contributed by atoms with Crippen LogP contribution in [0.3, 0.4) is 0 Å². The topological polar surface area (TPSA) is 0 Å². The molecule has 0 radical (unpaired) electrons. The van der Waals surface area contributed by atoms with E-state index in [0.29, 0.717) is 0 Å². The predicted octanol–water partition coefficient (Wildman–Crippen LogP) is 11.2. The number of allylic oxidation sites excluding steroid dienone is 1. The molecule has 0 aliphatic heterocycles. The van der Waals surface area contributed by atoms with Gasteiger partial charge in [0, 0.05) is 0 Å². The molecule has 4 rings (SSSR count). The maximum atomic E-state index is 6.83. The summed E-state index contributed by atoms with van der Waals surface area (Å²) >= 11 is -2.59. The van der Waals surface area contributed by atoms with Crippen molar-refractivity contribution in [2.24, 2.45) is 0 Å². The average Bonchev–Trinajstić information content (AvgIpc) is 3.20. The summed E-state index contributed by atoms with van der Waals surface area (Å²) in [5.74, 6) is 0. The van der Waals surface area contributed by atoms with Crippen molar-refractivity contribution in [1.82, 2.24) is 0 Å². The van der Waals surface area contributed by atoms with E-state index in [2.05, 4.69) is 115 Å². The fourth-order valence-electron chi connectivity index (χ4n) is 5.17. The molecule has 0 saturated heterocycles. The molecule has 3 aromatic carbocycles. The van der Waals surface area contributed by atoms with Gasteiger partial charge in [0.05, 0.1) is 0 Å². The van der Waals surface area contributed by atoms with Gasteiger partial charge in [0.1, 0.15) is 0 Å². The SMILES string of the molecule is CCCCC1=Cc2c(ccc(-c3ccccc3)c2-c2cc(C(C)(C)C)cc(C(C)(C)C)c2)[CH]1[Zr]([Cl])[Cl]. The summed E-state index contributed by atoms with van der Waals surface area (Å²) in [4.78, 5) is 0. The quantitative estimate of drug-likeness (QED) is 0.265. The van der Waals surface area contributed by atoms with Crippen molar-refractivity contribution in [2.75, 3.05) is 0 Å². The standard InChI is InChI=1S/C33H39.2ClH.Zr/c1-8-9-13-23-18-25-16-17-29(24-14-11-10-12-15-24)31(30(25)19-23)26-20-27(32(2,3)4)22-28(21-26)33(5,6)7;;;/h10-12,14-22H,8-9,13H2,1-7H3;2*1H;/q;;;+2/p-2. The summed E-state index contributed by atoms with van der Waals surface area (Å²) in [6, 6.07) is 22.7. The van der Waals surface area contributed by atoms with Gasteiger partial charge in [-0.15, -0.1) is 0 Å². The first-order valence-corrected chi connectivity index (χ1v) is 20.9. The molecule has 0 amide bonds. The van der Waals surface area contributed by atoms with Crippen molar-refractivity contribution in [3.8, 4) is 22.3 Å². The molecule has 1 aliphatic rings. The minimum atomic E-state index is -2.59. The van der Waals surface area contributed by atoms with Crippen LogP contribution in [0.5, 0.6) is 0 Å². The van der Waals surface area contributed by atoms with Crippen molar-refractivity contribution >= 4 is 23.1 Å². The molecule has 189 valence electrons. The van der Waals surface area contributed by atoms with E-state index in [9.17, 15) is 0 Å². The summed E-state index contributed by atoms with van der Waals surface area (Å²) < 4.78 is 0.244. The number of halogens is 2. The Balaban J connectivity index is 2.07. The number of fused-ring (bicyclic) bond motifs is 1. The molecular weight excluding hydrogens is 558 g/mol. The van der Waals surface area contributed by atoms with Gasteiger partial charge >= 0.3 is 235 Å². The Morgan fingerprint density at radius 2 is 1.39 bits per heavy atom. The second kappa shape index (κ2) is 10.9. The van der Waals surface area contributed by atoms with Crippen LogP contribution in [-0.2, 0) is 30.2 Å². The molecule has 1 atom stereocenters. The first-order chi connectivity index (χ1) is 16.9. The van der Waals surface area contributed by atoms with E-state index in [-0.39, 0.29) is 14.5 Å². The fraction of sp³-hybridized carbons (Fsp3) is 0.394. The minimum absolute atomic E-state index is 0.0543. The molecular formula is C33H39Cl2Zr. The summed E-state index contributed by atoms with van der Waals surface area (Å²) in [6.45, 7) is 16.1. The average molecular weight is 598 g/mol. The van der Waals surface area contributed by atoms with Crippen molar-refractivity contribution in [2.45, 2.75) is 82.2 Å². The van der Waals surface area contributed by atoms with Crippen LogP contribution in [0, 0.1) is 0 Å². The van der Waals surface area contributed by atoms with Gasteiger partial charge in [0.25, 0.3) is 0 Å². The van der Waals surface area contributed by atoms with E-state index >= 15 is 0 Å². The first-order valence-electron chi connectivity index (χ1n) is 13.2. The summed E-state index contributed by atoms with van der Waals surface area (Å²) in [6.07, 6.45) is 5.88. The van der Waals surface area contributed by atoms with Crippen LogP contribution in [0.15, 0.2) is 66.2 Å². The third-order valence-corrected chi connectivity index (χ3v) is 12.7. The van der Waals surface area contributed by atoms with Gasteiger partial charge in [-0.1, -0.05) is 0 Å². The Hall–Kier alpha value is -1.14. The Morgan fingerprint density at radius 3 is 1.92 bits per heavy atom. The summed E-state index contributed by atoms with van der Waals surface area (Å²) in [5.41, 5.74) is 12.1. The van der Waals surface area contributed by atoms with Crippen molar-refractivity contribution in [3.63, 3.8) is 0 Å². The molecule has 0 nitrogen and oxygen atoms in total. The number of hydrogen-bond acceptors (Lipinski definition) is 0. The molecule has 3 aromatic rings. The van der Waals surface area contributed by atoms with Gasteiger partial charge in [-0.25, -0.2) is 0 Å². The number of hydrogen-bond donors (Lipinski definition) is 0. The molecule has 0 fully saturated rings. The Morgan fingerprint density at radius 1 is 0.778 bits per heavy atom. The molecule has 0 aromatic heterocycles. The van der Waals surface area contributed by atoms with Gasteiger partial charge in [-0.2, -0.15) is 0 Å². The molecule has 3 heteroatoms. The maximum absolute atomic E-state index is 6.83. The summed E-state index contributed by atoms with van der Waals surface area (Å²) in [5, 5.41) is 0. The van der Waals surface area contributed by atoms with E-state index in [4.69, 9.17) is 17.0 Å². The molecule has 1 aliphatic carbocycles. The number of benzene rings is 3. The zero-order valence-corrected chi connectivity index (χ0v) is 26.8. The van der Waals surface area contributed by atoms with Crippen LogP contribution >= 0.6 is 17.0 Å². The number of rotatable bonds is 6. The Labute approximate surface area is 233 Å². The van der Waals surface area contributed by atoms with E-state index in [1.165, 1.54) is 62.9 Å². The van der Waals surface area contributed by atoms with Gasteiger partial charge < -0.3 is 0 Å². The molecule has 0 saturated carbocycles. The molecule has 0 heterocycles. The molecule has 36 heavy (non-hydrogen) atoms. The Bertz CT molecular complexity index is 1230. The predicted molar refractivity (Wildman–Crippen MR) is 157 cm³/mol. The normalized spacial score (nSPS) is 15.6. The van der Waals surface area contributed by atoms with E-state index in [0.717, 1.165) is 6.42 Å². The van der Waals surface area contributed by atoms with Gasteiger partial charge in [0.2, 0.25) is 0 Å². The van der Waals surface area contributed by atoms with Crippen LogP contribution < -0.4 is 0 Å². The summed E-state index contributed by atoms with van der Waals surface area (Å²) in [7, 11) is 13.7. The molecule has 0 N–H and O–H groups in total. The van der Waals surface area contributed by atoms with Crippen molar-refractivity contribution < 1.29 is 19.4 Å². The van der Waals surface area contributed by atoms with Crippen LogP contribution in [0.2, 0.25) is 0 Å². The monoisotopic (exact) mass is 595 g/mol. The fourth-order valence-corrected chi connectivity index (χ4v) is 10.7. The van der Waals surface area contributed by atoms with E-state index in [1.54, 1.807) is 0 Å². The molecule has 0 bridgehead atoms. The van der Waals surface area contributed by atoms with Crippen molar-refractivity contribution in [3.05, 3.63) is 88.5 Å².